The molecule has 4 aliphatic rings. The molecule has 5 rings (SSSR count). The molecule has 1 N–H and O–H groups in total. The first-order chi connectivity index (χ1) is 13.8. The summed E-state index contributed by atoms with van der Waals surface area (Å²) in [5.41, 5.74) is -0.236. The van der Waals surface area contributed by atoms with E-state index in [2.05, 4.69) is 18.8 Å². The van der Waals surface area contributed by atoms with Gasteiger partial charge < -0.3 is 9.67 Å². The monoisotopic (exact) mass is 416 g/mol. The number of aliphatic hydroxyl groups is 1. The summed E-state index contributed by atoms with van der Waals surface area (Å²) in [5.74, 6) is 3.95. The molecule has 160 valence electrons. The molecule has 0 aliphatic heterocycles. The van der Waals surface area contributed by atoms with E-state index in [1.165, 1.54) is 19.3 Å². The number of Topliss-reactive ketones (excluding diaryl/α,β-unsaturated/α-hetero) is 1. The lowest BCUT2D eigenvalue weighted by molar-refractivity contribution is -0.152. The van der Waals surface area contributed by atoms with Gasteiger partial charge in [-0.1, -0.05) is 25.6 Å². The molecule has 0 radical (unpaired) electrons. The number of aromatic nitrogens is 2. The number of fused-ring (bicyclic) bond motifs is 5. The molecule has 0 bridgehead atoms. The second kappa shape index (κ2) is 6.85. The summed E-state index contributed by atoms with van der Waals surface area (Å²) in [6, 6.07) is 0. The number of imidazole rings is 1. The number of rotatable bonds is 3. The molecular weight excluding hydrogens is 380 g/mol. The highest BCUT2D eigenvalue weighted by Gasteiger charge is 2.64. The second-order valence-corrected chi connectivity index (χ2v) is 12.0. The molecular formula is C24H36N2O2S. The number of carbonyl (C=O) groups excluding carboxylic acids is 1. The van der Waals surface area contributed by atoms with E-state index in [0.29, 0.717) is 23.0 Å². The predicted octanol–water partition coefficient (Wildman–Crippen LogP) is 4.86. The second-order valence-electron chi connectivity index (χ2n) is 11.0. The summed E-state index contributed by atoms with van der Waals surface area (Å²) in [4.78, 5) is 16.5. The van der Waals surface area contributed by atoms with E-state index in [-0.39, 0.29) is 5.41 Å². The maximum Gasteiger partial charge on any atom is 0.167 e. The largest absolute Gasteiger partial charge is 0.388 e. The predicted molar refractivity (Wildman–Crippen MR) is 116 cm³/mol. The zero-order valence-electron chi connectivity index (χ0n) is 18.2. The minimum absolute atomic E-state index is 0.0139. The first-order valence-corrected chi connectivity index (χ1v) is 12.6. The van der Waals surface area contributed by atoms with Crippen molar-refractivity contribution in [1.29, 1.82) is 0 Å². The fourth-order valence-corrected chi connectivity index (χ4v) is 9.31. The Morgan fingerprint density at radius 1 is 1.17 bits per heavy atom. The van der Waals surface area contributed by atoms with Crippen molar-refractivity contribution in [1.82, 2.24) is 9.55 Å². The molecule has 0 saturated heterocycles. The lowest BCUT2D eigenvalue weighted by atomic mass is 9.44. The maximum atomic E-state index is 12.1. The van der Waals surface area contributed by atoms with Gasteiger partial charge in [0.15, 0.2) is 5.16 Å². The number of hydrogen-bond donors (Lipinski definition) is 1. The standard InChI is InChI=1S/C24H36N2O2S/c1-22-9-6-17(27)14-16(22)4-5-18-19(22)7-10-23(2)20(18)8-11-24(23,28)15-29-21-25-12-13-26(21)3/h12-13,16,18-20,28H,4-11,14-15H2,1-3H3/t16-,18-,19-,20+,22-,23+,24+/m0/s1. The molecule has 1 aromatic heterocycles. The molecule has 29 heavy (non-hydrogen) atoms. The molecule has 0 aromatic carbocycles. The Morgan fingerprint density at radius 3 is 2.72 bits per heavy atom. The molecule has 1 aromatic rings. The molecule has 1 heterocycles. The maximum absolute atomic E-state index is 12.1. The van der Waals surface area contributed by atoms with Gasteiger partial charge in [0.1, 0.15) is 5.78 Å². The first kappa shape index (κ1) is 20.1. The van der Waals surface area contributed by atoms with Gasteiger partial charge in [0.2, 0.25) is 0 Å². The summed E-state index contributed by atoms with van der Waals surface area (Å²) in [5, 5.41) is 12.9. The van der Waals surface area contributed by atoms with E-state index in [4.69, 9.17) is 0 Å². The molecule has 5 heteroatoms. The fraction of sp³-hybridized carbons (Fsp3) is 0.833. The van der Waals surface area contributed by atoms with Crippen molar-refractivity contribution in [2.45, 2.75) is 82.4 Å². The van der Waals surface area contributed by atoms with Crippen LogP contribution in [0.4, 0.5) is 0 Å². The van der Waals surface area contributed by atoms with E-state index in [1.54, 1.807) is 11.8 Å². The normalized spacial score (nSPS) is 46.8. The van der Waals surface area contributed by atoms with E-state index in [0.717, 1.165) is 61.3 Å². The average molecular weight is 417 g/mol. The highest BCUT2D eigenvalue weighted by molar-refractivity contribution is 7.99. The van der Waals surface area contributed by atoms with Gasteiger partial charge in [0.25, 0.3) is 0 Å². The summed E-state index contributed by atoms with van der Waals surface area (Å²) in [6.07, 6.45) is 13.5. The highest BCUT2D eigenvalue weighted by Crippen LogP contribution is 2.68. The summed E-state index contributed by atoms with van der Waals surface area (Å²) in [7, 11) is 2.03. The summed E-state index contributed by atoms with van der Waals surface area (Å²) < 4.78 is 2.05. The van der Waals surface area contributed by atoms with E-state index < -0.39 is 5.60 Å². The van der Waals surface area contributed by atoms with Crippen LogP contribution in [-0.4, -0.2) is 31.8 Å². The molecule has 4 aliphatic carbocycles. The number of nitrogens with zero attached hydrogens (tertiary/aromatic N) is 2. The van der Waals surface area contributed by atoms with Crippen LogP contribution in [0.2, 0.25) is 0 Å². The summed E-state index contributed by atoms with van der Waals surface area (Å²) >= 11 is 1.72. The van der Waals surface area contributed by atoms with Crippen LogP contribution in [0.5, 0.6) is 0 Å². The van der Waals surface area contributed by atoms with Gasteiger partial charge in [0, 0.05) is 43.5 Å². The number of ketones is 1. The van der Waals surface area contributed by atoms with Crippen molar-refractivity contribution in [2.75, 3.05) is 5.75 Å². The third kappa shape index (κ3) is 2.90. The molecule has 7 atom stereocenters. The van der Waals surface area contributed by atoms with E-state index in [1.807, 2.05) is 24.0 Å². The highest BCUT2D eigenvalue weighted by atomic mass is 32.2. The molecule has 0 unspecified atom stereocenters. The quantitative estimate of drug-likeness (QED) is 0.715. The number of hydrogen-bond acceptors (Lipinski definition) is 4. The van der Waals surface area contributed by atoms with E-state index in [9.17, 15) is 9.90 Å². The van der Waals surface area contributed by atoms with Crippen LogP contribution in [0.15, 0.2) is 17.6 Å². The van der Waals surface area contributed by atoms with E-state index >= 15 is 0 Å². The van der Waals surface area contributed by atoms with Crippen LogP contribution in [-0.2, 0) is 11.8 Å². The molecule has 4 nitrogen and oxygen atoms in total. The SMILES string of the molecule is Cn1ccnc1SC[C@]1(O)CC[C@@H]2[C@H]3CC[C@H]4CC(=O)CC[C@]4(C)[C@H]3CC[C@]21C. The smallest absolute Gasteiger partial charge is 0.167 e. The van der Waals surface area contributed by atoms with Gasteiger partial charge in [-0.3, -0.25) is 4.79 Å². The number of carbonyl (C=O) groups is 1. The van der Waals surface area contributed by atoms with Gasteiger partial charge in [-0.15, -0.1) is 0 Å². The fourth-order valence-electron chi connectivity index (χ4n) is 8.07. The summed E-state index contributed by atoms with van der Waals surface area (Å²) in [6.45, 7) is 4.89. The average Bonchev–Trinajstić information content (AvgIpc) is 3.22. The van der Waals surface area contributed by atoms with Crippen molar-refractivity contribution in [3.05, 3.63) is 12.4 Å². The van der Waals surface area contributed by atoms with Gasteiger partial charge in [-0.2, -0.15) is 0 Å². The number of thioether (sulfide) groups is 1. The molecule has 0 spiro atoms. The van der Waals surface area contributed by atoms with Crippen molar-refractivity contribution < 1.29 is 9.90 Å². The molecule has 0 amide bonds. The third-order valence-electron chi connectivity index (χ3n) is 10.0. The van der Waals surface area contributed by atoms with Crippen LogP contribution < -0.4 is 0 Å². The van der Waals surface area contributed by atoms with Crippen LogP contribution >= 0.6 is 11.8 Å². The van der Waals surface area contributed by atoms with Crippen molar-refractivity contribution in [2.24, 2.45) is 41.5 Å². The minimum atomic E-state index is -0.598. The van der Waals surface area contributed by atoms with Gasteiger partial charge >= 0.3 is 0 Å². The first-order valence-electron chi connectivity index (χ1n) is 11.6. The van der Waals surface area contributed by atoms with Crippen LogP contribution in [0, 0.1) is 34.5 Å². The molecule has 4 saturated carbocycles. The Morgan fingerprint density at radius 2 is 1.97 bits per heavy atom. The Hall–Kier alpha value is -0.810. The zero-order chi connectivity index (χ0) is 20.4. The van der Waals surface area contributed by atoms with Crippen molar-refractivity contribution >= 4 is 17.5 Å². The van der Waals surface area contributed by atoms with Gasteiger partial charge in [0.05, 0.1) is 5.60 Å². The van der Waals surface area contributed by atoms with Gasteiger partial charge in [-0.25, -0.2) is 4.98 Å². The Kier molecular flexibility index (Phi) is 4.75. The Balaban J connectivity index is 1.36. The number of aryl methyl sites for hydroxylation is 1. The Labute approximate surface area is 179 Å². The van der Waals surface area contributed by atoms with Crippen LogP contribution in [0.25, 0.3) is 0 Å². The van der Waals surface area contributed by atoms with Crippen molar-refractivity contribution in [3.63, 3.8) is 0 Å². The molecule has 4 fully saturated rings. The van der Waals surface area contributed by atoms with Crippen LogP contribution in [0.3, 0.4) is 0 Å². The lowest BCUT2D eigenvalue weighted by Crippen LogP contribution is -2.57. The lowest BCUT2D eigenvalue weighted by Gasteiger charge is -2.61. The van der Waals surface area contributed by atoms with Gasteiger partial charge in [-0.05, 0) is 74.0 Å². The minimum Gasteiger partial charge on any atom is -0.388 e. The van der Waals surface area contributed by atoms with Crippen molar-refractivity contribution in [3.8, 4) is 0 Å². The Bertz CT molecular complexity index is 809. The van der Waals surface area contributed by atoms with Crippen LogP contribution in [0.1, 0.15) is 71.6 Å². The zero-order valence-corrected chi connectivity index (χ0v) is 19.0. The third-order valence-corrected chi connectivity index (χ3v) is 11.3. The topological polar surface area (TPSA) is 55.1 Å².